The van der Waals surface area contributed by atoms with Crippen LogP contribution in [0.1, 0.15) is 11.3 Å². The van der Waals surface area contributed by atoms with Crippen LogP contribution in [0.5, 0.6) is 5.75 Å². The van der Waals surface area contributed by atoms with Crippen molar-refractivity contribution in [3.63, 3.8) is 0 Å². The van der Waals surface area contributed by atoms with Gasteiger partial charge in [-0.15, -0.1) is 0 Å². The Morgan fingerprint density at radius 3 is 2.68 bits per heavy atom. The van der Waals surface area contributed by atoms with Gasteiger partial charge in [-0.05, 0) is 25.1 Å². The Labute approximate surface area is 159 Å². The fourth-order valence-electron chi connectivity index (χ4n) is 2.95. The van der Waals surface area contributed by atoms with E-state index in [0.717, 1.165) is 13.2 Å². The number of hydrogen-bond donors (Lipinski definition) is 2. The van der Waals surface area contributed by atoms with Gasteiger partial charge >= 0.3 is 0 Å². The first-order chi connectivity index (χ1) is 13.4. The molecule has 0 aliphatic heterocycles. The molecule has 0 fully saturated rings. The number of nitrogen functional groups attached to an aromatic ring is 1. The van der Waals surface area contributed by atoms with Gasteiger partial charge in [0.15, 0.2) is 17.4 Å². The summed E-state index contributed by atoms with van der Waals surface area (Å²) < 4.78 is 34.7. The maximum Gasteiger partial charge on any atom is 0.191 e. The number of aryl methyl sites for hydroxylation is 1. The number of benzene rings is 1. The summed E-state index contributed by atoms with van der Waals surface area (Å²) in [6.07, 6.45) is 1.66. The van der Waals surface area contributed by atoms with Crippen molar-refractivity contribution in [1.82, 2.24) is 14.8 Å². The Morgan fingerprint density at radius 1 is 1.29 bits per heavy atom. The van der Waals surface area contributed by atoms with Crippen LogP contribution in [0.15, 0.2) is 24.4 Å². The summed E-state index contributed by atoms with van der Waals surface area (Å²) in [4.78, 5) is 4.11. The molecule has 0 atom stereocenters. The minimum absolute atomic E-state index is 0.0175. The van der Waals surface area contributed by atoms with Crippen molar-refractivity contribution in [2.45, 2.75) is 13.5 Å². The molecular formula is C19H17F2N5O2. The minimum Gasteiger partial charge on any atom is -0.491 e. The Bertz CT molecular complexity index is 1090. The summed E-state index contributed by atoms with van der Waals surface area (Å²) in [6, 6.07) is 5.80. The van der Waals surface area contributed by atoms with Crippen LogP contribution in [-0.4, -0.2) is 33.6 Å². The molecule has 0 unspecified atom stereocenters. The lowest BCUT2D eigenvalue weighted by Gasteiger charge is -2.12. The molecule has 7 nitrogen and oxygen atoms in total. The predicted octanol–water partition coefficient (Wildman–Crippen LogP) is 2.65. The maximum atomic E-state index is 14.7. The first kappa shape index (κ1) is 19.3. The van der Waals surface area contributed by atoms with Crippen molar-refractivity contribution in [3.05, 3.63) is 47.3 Å². The number of aliphatic hydroxyl groups excluding tert-OH is 1. The minimum atomic E-state index is -0.919. The number of nitrogens with zero attached hydrogens (tertiary/aromatic N) is 4. The maximum absolute atomic E-state index is 14.7. The average molecular weight is 385 g/mol. The zero-order valence-electron chi connectivity index (χ0n) is 15.2. The van der Waals surface area contributed by atoms with E-state index in [-0.39, 0.29) is 35.8 Å². The molecular weight excluding hydrogens is 368 g/mol. The van der Waals surface area contributed by atoms with E-state index in [1.165, 1.54) is 16.8 Å². The first-order valence-electron chi connectivity index (χ1n) is 8.29. The summed E-state index contributed by atoms with van der Waals surface area (Å²) in [6.45, 7) is 1.91. The van der Waals surface area contributed by atoms with E-state index >= 15 is 0 Å². The van der Waals surface area contributed by atoms with Crippen LogP contribution in [0.25, 0.3) is 22.4 Å². The molecule has 2 heterocycles. The summed E-state index contributed by atoms with van der Waals surface area (Å²) in [5.41, 5.74) is 7.76. The molecule has 144 valence electrons. The van der Waals surface area contributed by atoms with E-state index in [1.807, 2.05) is 6.07 Å². The third-order valence-electron chi connectivity index (χ3n) is 4.25. The van der Waals surface area contributed by atoms with E-state index in [2.05, 4.69) is 10.1 Å². The predicted molar refractivity (Wildman–Crippen MR) is 98.3 cm³/mol. The fraction of sp³-hybridized carbons (Fsp3) is 0.211. The third kappa shape index (κ3) is 3.25. The van der Waals surface area contributed by atoms with Crippen molar-refractivity contribution in [3.8, 4) is 34.2 Å². The van der Waals surface area contributed by atoms with Gasteiger partial charge in [0.1, 0.15) is 17.5 Å². The number of anilines is 1. The zero-order valence-corrected chi connectivity index (χ0v) is 15.2. The molecule has 3 rings (SSSR count). The second kappa shape index (κ2) is 7.62. The number of rotatable bonds is 5. The Morgan fingerprint density at radius 2 is 2.04 bits per heavy atom. The van der Waals surface area contributed by atoms with Crippen LogP contribution in [0.4, 0.5) is 14.6 Å². The highest BCUT2D eigenvalue weighted by Gasteiger charge is 2.21. The topological polar surface area (TPSA) is 110 Å². The van der Waals surface area contributed by atoms with E-state index in [9.17, 15) is 14.0 Å². The molecule has 0 bridgehead atoms. The highest BCUT2D eigenvalue weighted by molar-refractivity contribution is 5.81. The number of aromatic nitrogens is 3. The number of pyridine rings is 1. The summed E-state index contributed by atoms with van der Waals surface area (Å²) in [5, 5.41) is 22.9. The number of methoxy groups -OCH3 is 1. The molecule has 0 saturated carbocycles. The van der Waals surface area contributed by atoms with Crippen molar-refractivity contribution >= 4 is 5.82 Å². The van der Waals surface area contributed by atoms with Gasteiger partial charge in [-0.1, -0.05) is 0 Å². The van der Waals surface area contributed by atoms with Crippen molar-refractivity contribution < 1.29 is 18.6 Å². The van der Waals surface area contributed by atoms with Crippen LogP contribution in [0, 0.1) is 29.9 Å². The van der Waals surface area contributed by atoms with Gasteiger partial charge in [0, 0.05) is 22.9 Å². The summed E-state index contributed by atoms with van der Waals surface area (Å²) >= 11 is 0. The first-order valence-corrected chi connectivity index (χ1v) is 8.29. The lowest BCUT2D eigenvalue weighted by atomic mass is 9.98. The molecule has 28 heavy (non-hydrogen) atoms. The second-order valence-corrected chi connectivity index (χ2v) is 5.98. The van der Waals surface area contributed by atoms with E-state index in [4.69, 9.17) is 15.6 Å². The standard InChI is InChI=1S/C19H17F2N5O2/c1-10-14(9-26(25-10)5-6-27)12-7-16(24-19(23)13(12)8-22)11-3-4-15(20)18(28-2)17(11)21/h3-4,7,9,27H,5-6H2,1-2H3,(H2,23,24). The van der Waals surface area contributed by atoms with E-state index in [0.29, 0.717) is 16.8 Å². The van der Waals surface area contributed by atoms with Gasteiger partial charge in [-0.25, -0.2) is 13.8 Å². The van der Waals surface area contributed by atoms with Gasteiger partial charge < -0.3 is 15.6 Å². The van der Waals surface area contributed by atoms with Crippen molar-refractivity contribution in [1.29, 1.82) is 5.26 Å². The van der Waals surface area contributed by atoms with Crippen LogP contribution >= 0.6 is 0 Å². The van der Waals surface area contributed by atoms with E-state index in [1.54, 1.807) is 13.1 Å². The van der Waals surface area contributed by atoms with Crippen LogP contribution in [-0.2, 0) is 6.54 Å². The molecule has 3 aromatic rings. The number of nitriles is 1. The van der Waals surface area contributed by atoms with Gasteiger partial charge in [0.05, 0.1) is 31.6 Å². The van der Waals surface area contributed by atoms with Gasteiger partial charge in [0.2, 0.25) is 0 Å². The lowest BCUT2D eigenvalue weighted by molar-refractivity contribution is 0.269. The highest BCUT2D eigenvalue weighted by Crippen LogP contribution is 2.36. The second-order valence-electron chi connectivity index (χ2n) is 5.98. The molecule has 0 aliphatic carbocycles. The number of aliphatic hydroxyl groups is 1. The van der Waals surface area contributed by atoms with Gasteiger partial charge in [0.25, 0.3) is 0 Å². The molecule has 3 N–H and O–H groups in total. The molecule has 1 aromatic carbocycles. The Hall–Kier alpha value is -3.51. The molecule has 2 aromatic heterocycles. The van der Waals surface area contributed by atoms with Crippen LogP contribution in [0.2, 0.25) is 0 Å². The summed E-state index contributed by atoms with van der Waals surface area (Å²) in [5.74, 6) is -2.38. The van der Waals surface area contributed by atoms with Crippen molar-refractivity contribution in [2.75, 3.05) is 19.5 Å². The fourth-order valence-corrected chi connectivity index (χ4v) is 2.95. The Balaban J connectivity index is 2.24. The molecule has 9 heteroatoms. The third-order valence-corrected chi connectivity index (χ3v) is 4.25. The van der Waals surface area contributed by atoms with E-state index < -0.39 is 17.4 Å². The van der Waals surface area contributed by atoms with Crippen molar-refractivity contribution in [2.24, 2.45) is 0 Å². The molecule has 0 aliphatic rings. The normalized spacial score (nSPS) is 10.7. The number of nitrogens with two attached hydrogens (primary N) is 1. The van der Waals surface area contributed by atoms with Gasteiger partial charge in [-0.3, -0.25) is 4.68 Å². The molecule has 0 amide bonds. The average Bonchev–Trinajstić information content (AvgIpc) is 3.02. The smallest absolute Gasteiger partial charge is 0.191 e. The molecule has 0 saturated heterocycles. The van der Waals surface area contributed by atoms with Crippen LogP contribution in [0.3, 0.4) is 0 Å². The van der Waals surface area contributed by atoms with Gasteiger partial charge in [-0.2, -0.15) is 10.4 Å². The number of halogens is 2. The molecule has 0 radical (unpaired) electrons. The quantitative estimate of drug-likeness (QED) is 0.699. The largest absolute Gasteiger partial charge is 0.491 e. The highest BCUT2D eigenvalue weighted by atomic mass is 19.1. The summed E-state index contributed by atoms with van der Waals surface area (Å²) in [7, 11) is 1.16. The molecule has 0 spiro atoms. The SMILES string of the molecule is COc1c(F)ccc(-c2cc(-c3cn(CCO)nc3C)c(C#N)c(N)n2)c1F. The monoisotopic (exact) mass is 385 g/mol. The van der Waals surface area contributed by atoms with Crippen LogP contribution < -0.4 is 10.5 Å². The zero-order chi connectivity index (χ0) is 20.4. The lowest BCUT2D eigenvalue weighted by Crippen LogP contribution is -2.02. The Kier molecular flexibility index (Phi) is 5.24. The number of hydrogen-bond acceptors (Lipinski definition) is 6. The number of ether oxygens (including phenoxy) is 1.